The molecule has 0 spiro atoms. The molecule has 118 valence electrons. The number of nitrogens with one attached hydrogen (secondary N) is 1. The van der Waals surface area contributed by atoms with Gasteiger partial charge < -0.3 is 14.8 Å². The van der Waals surface area contributed by atoms with Crippen LogP contribution in [0.2, 0.25) is 0 Å². The van der Waals surface area contributed by atoms with E-state index in [0.717, 1.165) is 25.9 Å². The SMILES string of the molecule is FC(F)OCC1CC(N2CCNC(COC(F)F)C2)C1. The van der Waals surface area contributed by atoms with E-state index in [1.54, 1.807) is 0 Å². The van der Waals surface area contributed by atoms with Gasteiger partial charge in [-0.25, -0.2) is 0 Å². The van der Waals surface area contributed by atoms with E-state index in [1.807, 2.05) is 0 Å². The lowest BCUT2D eigenvalue weighted by Gasteiger charge is -2.46. The summed E-state index contributed by atoms with van der Waals surface area (Å²) in [6.07, 6.45) is 1.66. The molecule has 20 heavy (non-hydrogen) atoms. The van der Waals surface area contributed by atoms with Crippen molar-refractivity contribution in [2.75, 3.05) is 32.8 Å². The Balaban J connectivity index is 1.64. The van der Waals surface area contributed by atoms with Gasteiger partial charge in [0.05, 0.1) is 13.2 Å². The Hall–Kier alpha value is -0.440. The van der Waals surface area contributed by atoms with Crippen molar-refractivity contribution in [2.45, 2.75) is 38.1 Å². The Morgan fingerprint density at radius 2 is 1.70 bits per heavy atom. The summed E-state index contributed by atoms with van der Waals surface area (Å²) in [6, 6.07) is 0.242. The first-order valence-electron chi connectivity index (χ1n) is 6.81. The Labute approximate surface area is 115 Å². The van der Waals surface area contributed by atoms with E-state index in [-0.39, 0.29) is 25.2 Å². The number of nitrogens with zero attached hydrogens (tertiary/aromatic N) is 1. The highest BCUT2D eigenvalue weighted by molar-refractivity contribution is 4.91. The molecule has 1 atom stereocenters. The van der Waals surface area contributed by atoms with Gasteiger partial charge in [0.25, 0.3) is 0 Å². The van der Waals surface area contributed by atoms with E-state index >= 15 is 0 Å². The first-order chi connectivity index (χ1) is 9.54. The summed E-state index contributed by atoms with van der Waals surface area (Å²) in [6.45, 7) is -3.14. The third-order valence-corrected chi connectivity index (χ3v) is 3.90. The standard InChI is InChI=1S/C12H20F4N2O2/c13-11(14)19-6-8-3-10(4-8)18-2-1-17-9(5-18)7-20-12(15)16/h8-12,17H,1-7H2. The van der Waals surface area contributed by atoms with Crippen molar-refractivity contribution < 1.29 is 27.0 Å². The molecule has 1 aliphatic carbocycles. The number of rotatable bonds is 7. The van der Waals surface area contributed by atoms with Crippen LogP contribution >= 0.6 is 0 Å². The van der Waals surface area contributed by atoms with Crippen LogP contribution in [0, 0.1) is 5.92 Å². The second kappa shape index (κ2) is 7.53. The molecule has 2 rings (SSSR count). The highest BCUT2D eigenvalue weighted by Gasteiger charge is 2.36. The lowest BCUT2D eigenvalue weighted by Crippen LogP contribution is -2.58. The van der Waals surface area contributed by atoms with Gasteiger partial charge in [-0.05, 0) is 18.8 Å². The minimum atomic E-state index is -2.74. The fourth-order valence-electron chi connectivity index (χ4n) is 2.83. The van der Waals surface area contributed by atoms with Gasteiger partial charge in [0, 0.05) is 31.7 Å². The van der Waals surface area contributed by atoms with Gasteiger partial charge >= 0.3 is 13.2 Å². The minimum absolute atomic E-state index is 0.0151. The molecule has 1 saturated heterocycles. The summed E-state index contributed by atoms with van der Waals surface area (Å²) in [7, 11) is 0. The van der Waals surface area contributed by atoms with Crippen molar-refractivity contribution in [3.63, 3.8) is 0 Å². The van der Waals surface area contributed by atoms with Crippen molar-refractivity contribution in [3.05, 3.63) is 0 Å². The monoisotopic (exact) mass is 300 g/mol. The number of alkyl halides is 4. The zero-order valence-corrected chi connectivity index (χ0v) is 11.1. The maximum absolute atomic E-state index is 12.0. The molecule has 0 bridgehead atoms. The van der Waals surface area contributed by atoms with Crippen LogP contribution in [0.25, 0.3) is 0 Å². The molecule has 0 aromatic heterocycles. The molecule has 2 fully saturated rings. The Kier molecular flexibility index (Phi) is 6.01. The van der Waals surface area contributed by atoms with Crippen LogP contribution in [0.3, 0.4) is 0 Å². The summed E-state index contributed by atoms with van der Waals surface area (Å²) < 4.78 is 56.4. The predicted octanol–water partition coefficient (Wildman–Crippen LogP) is 1.52. The zero-order valence-electron chi connectivity index (χ0n) is 11.1. The lowest BCUT2D eigenvalue weighted by atomic mass is 9.79. The average molecular weight is 300 g/mol. The summed E-state index contributed by atoms with van der Waals surface area (Å²) in [5.41, 5.74) is 0. The highest BCUT2D eigenvalue weighted by Crippen LogP contribution is 2.32. The van der Waals surface area contributed by atoms with E-state index in [0.29, 0.717) is 12.6 Å². The molecule has 1 unspecified atom stereocenters. The van der Waals surface area contributed by atoms with Crippen LogP contribution in [-0.4, -0.2) is 63.1 Å². The Bertz CT molecular complexity index is 291. The summed E-state index contributed by atoms with van der Waals surface area (Å²) >= 11 is 0. The Morgan fingerprint density at radius 1 is 1.05 bits per heavy atom. The summed E-state index contributed by atoms with van der Waals surface area (Å²) in [4.78, 5) is 2.22. The number of halogens is 4. The van der Waals surface area contributed by atoms with Gasteiger partial charge in [0.15, 0.2) is 0 Å². The molecule has 0 amide bonds. The van der Waals surface area contributed by atoms with E-state index in [9.17, 15) is 17.6 Å². The minimum Gasteiger partial charge on any atom is -0.323 e. The molecular weight excluding hydrogens is 280 g/mol. The second-order valence-corrected chi connectivity index (χ2v) is 5.33. The van der Waals surface area contributed by atoms with Crippen LogP contribution < -0.4 is 5.32 Å². The Morgan fingerprint density at radius 3 is 2.35 bits per heavy atom. The molecule has 2 aliphatic rings. The smallest absolute Gasteiger partial charge is 0.323 e. The van der Waals surface area contributed by atoms with Gasteiger partial charge in [0.2, 0.25) is 0 Å². The van der Waals surface area contributed by atoms with Gasteiger partial charge in [-0.15, -0.1) is 0 Å². The van der Waals surface area contributed by atoms with E-state index in [2.05, 4.69) is 19.7 Å². The maximum atomic E-state index is 12.0. The van der Waals surface area contributed by atoms with Gasteiger partial charge in [-0.2, -0.15) is 17.6 Å². The first kappa shape index (κ1) is 15.9. The topological polar surface area (TPSA) is 33.7 Å². The molecule has 0 aromatic rings. The van der Waals surface area contributed by atoms with E-state index < -0.39 is 13.2 Å². The number of piperazine rings is 1. The van der Waals surface area contributed by atoms with Crippen LogP contribution in [0.5, 0.6) is 0 Å². The van der Waals surface area contributed by atoms with Crippen LogP contribution in [0.1, 0.15) is 12.8 Å². The number of hydrogen-bond acceptors (Lipinski definition) is 4. The fraction of sp³-hybridized carbons (Fsp3) is 1.00. The van der Waals surface area contributed by atoms with Crippen LogP contribution in [-0.2, 0) is 9.47 Å². The lowest BCUT2D eigenvalue weighted by molar-refractivity contribution is -0.151. The first-order valence-corrected chi connectivity index (χ1v) is 6.81. The molecule has 0 radical (unpaired) electrons. The van der Waals surface area contributed by atoms with Crippen LogP contribution in [0.15, 0.2) is 0 Å². The molecule has 4 nitrogen and oxygen atoms in total. The normalized spacial score (nSPS) is 31.8. The van der Waals surface area contributed by atoms with Gasteiger partial charge in [-0.1, -0.05) is 0 Å². The zero-order chi connectivity index (χ0) is 14.5. The highest BCUT2D eigenvalue weighted by atomic mass is 19.3. The number of hydrogen-bond donors (Lipinski definition) is 1. The molecule has 1 heterocycles. The molecular formula is C12H20F4N2O2. The van der Waals surface area contributed by atoms with Crippen molar-refractivity contribution >= 4 is 0 Å². The van der Waals surface area contributed by atoms with Crippen molar-refractivity contribution in [1.82, 2.24) is 10.2 Å². The quantitative estimate of drug-likeness (QED) is 0.723. The summed E-state index contributed by atoms with van der Waals surface area (Å²) in [5.74, 6) is 0.180. The molecule has 8 heteroatoms. The average Bonchev–Trinajstić information content (AvgIpc) is 2.34. The molecule has 1 saturated carbocycles. The largest absolute Gasteiger partial charge is 0.345 e. The number of ether oxygens (including phenoxy) is 2. The van der Waals surface area contributed by atoms with E-state index in [1.165, 1.54) is 0 Å². The van der Waals surface area contributed by atoms with Gasteiger partial charge in [-0.3, -0.25) is 4.90 Å². The predicted molar refractivity (Wildman–Crippen MR) is 63.8 cm³/mol. The van der Waals surface area contributed by atoms with Crippen molar-refractivity contribution in [1.29, 1.82) is 0 Å². The van der Waals surface area contributed by atoms with Crippen molar-refractivity contribution in [3.8, 4) is 0 Å². The third kappa shape index (κ3) is 4.83. The molecule has 0 aromatic carbocycles. The molecule has 1 aliphatic heterocycles. The molecule has 1 N–H and O–H groups in total. The van der Waals surface area contributed by atoms with Crippen molar-refractivity contribution in [2.24, 2.45) is 5.92 Å². The summed E-state index contributed by atoms with van der Waals surface area (Å²) in [5, 5.41) is 3.13. The van der Waals surface area contributed by atoms with Gasteiger partial charge in [0.1, 0.15) is 0 Å². The fourth-order valence-corrected chi connectivity index (χ4v) is 2.83. The van der Waals surface area contributed by atoms with E-state index in [4.69, 9.17) is 0 Å². The third-order valence-electron chi connectivity index (χ3n) is 3.90. The second-order valence-electron chi connectivity index (χ2n) is 5.33. The maximum Gasteiger partial charge on any atom is 0.345 e. The van der Waals surface area contributed by atoms with Crippen LogP contribution in [0.4, 0.5) is 17.6 Å².